The molecule has 3 heterocycles. The van der Waals surface area contributed by atoms with E-state index in [1.807, 2.05) is 4.90 Å². The number of sulfonamides is 1. The normalized spacial score (nSPS) is 13.6. The molecule has 2 aromatic carbocycles. The Bertz CT molecular complexity index is 1980. The van der Waals surface area contributed by atoms with Crippen LogP contribution in [0.15, 0.2) is 71.9 Å². The van der Waals surface area contributed by atoms with E-state index in [9.17, 15) is 32.0 Å². The van der Waals surface area contributed by atoms with Gasteiger partial charge in [0.2, 0.25) is 11.8 Å². The summed E-state index contributed by atoms with van der Waals surface area (Å²) in [4.78, 5) is 34.8. The molecule has 0 aliphatic carbocycles. The molecule has 2 aromatic heterocycles. The van der Waals surface area contributed by atoms with Gasteiger partial charge in [-0.3, -0.25) is 19.3 Å². The molecular formula is C31H26F2N6O5S. The lowest BCUT2D eigenvalue weighted by atomic mass is 10.0. The fraction of sp³-hybridized carbons (Fsp3) is 0.194. The van der Waals surface area contributed by atoms with Crippen molar-refractivity contribution in [1.29, 1.82) is 5.26 Å². The first-order valence-corrected chi connectivity index (χ1v) is 15.1. The van der Waals surface area contributed by atoms with Crippen LogP contribution in [0.25, 0.3) is 22.0 Å². The van der Waals surface area contributed by atoms with Crippen molar-refractivity contribution in [3.63, 3.8) is 0 Å². The second kappa shape index (κ2) is 12.7. The van der Waals surface area contributed by atoms with Crippen molar-refractivity contribution >= 4 is 44.0 Å². The zero-order valence-corrected chi connectivity index (χ0v) is 24.9. The van der Waals surface area contributed by atoms with Crippen LogP contribution in [0.4, 0.5) is 20.2 Å². The summed E-state index contributed by atoms with van der Waals surface area (Å²) in [5, 5.41) is 10.6. The average Bonchev–Trinajstić information content (AvgIpc) is 3.02. The predicted molar refractivity (Wildman–Crippen MR) is 162 cm³/mol. The number of rotatable bonds is 8. The van der Waals surface area contributed by atoms with Gasteiger partial charge in [-0.05, 0) is 48.9 Å². The van der Waals surface area contributed by atoms with E-state index in [4.69, 9.17) is 4.74 Å². The fourth-order valence-corrected chi connectivity index (χ4v) is 6.19. The third-order valence-corrected chi connectivity index (χ3v) is 8.55. The van der Waals surface area contributed by atoms with Crippen LogP contribution in [0.5, 0.6) is 5.88 Å². The van der Waals surface area contributed by atoms with Gasteiger partial charge in [0.1, 0.15) is 23.4 Å². The number of ether oxygens (including phenoxy) is 1. The number of nitrogens with one attached hydrogen (secondary N) is 1. The van der Waals surface area contributed by atoms with E-state index in [2.05, 4.69) is 20.8 Å². The van der Waals surface area contributed by atoms with Gasteiger partial charge < -0.3 is 14.5 Å². The Morgan fingerprint density at radius 3 is 2.36 bits per heavy atom. The molecule has 1 aliphatic heterocycles. The van der Waals surface area contributed by atoms with E-state index in [0.717, 1.165) is 18.2 Å². The fourth-order valence-electron chi connectivity index (χ4n) is 5.01. The number of aromatic nitrogens is 2. The predicted octanol–water partition coefficient (Wildman–Crippen LogP) is 4.05. The first-order valence-electron chi connectivity index (χ1n) is 13.6. The average molecular weight is 633 g/mol. The molecule has 5 rings (SSSR count). The number of pyridine rings is 2. The quantitative estimate of drug-likeness (QED) is 0.284. The topological polar surface area (TPSA) is 146 Å². The van der Waals surface area contributed by atoms with Gasteiger partial charge in [-0.15, -0.1) is 0 Å². The van der Waals surface area contributed by atoms with Crippen molar-refractivity contribution in [3.8, 4) is 23.1 Å². The Morgan fingerprint density at radius 1 is 1.00 bits per heavy atom. The Hall–Kier alpha value is -5.42. The first-order chi connectivity index (χ1) is 21.5. The number of carbonyl (C=O) groups excluding carboxylic acids is 2. The number of methoxy groups -OCH3 is 1. The van der Waals surface area contributed by atoms with Crippen LogP contribution < -0.4 is 14.4 Å². The van der Waals surface area contributed by atoms with Crippen LogP contribution in [0, 0.1) is 23.0 Å². The minimum Gasteiger partial charge on any atom is -0.480 e. The molecule has 0 bridgehead atoms. The van der Waals surface area contributed by atoms with Crippen LogP contribution in [-0.2, 0) is 19.6 Å². The van der Waals surface area contributed by atoms with Crippen molar-refractivity contribution in [2.75, 3.05) is 42.9 Å². The van der Waals surface area contributed by atoms with Crippen molar-refractivity contribution in [1.82, 2.24) is 14.9 Å². The summed E-state index contributed by atoms with van der Waals surface area (Å²) in [6.07, 6.45) is 5.40. The van der Waals surface area contributed by atoms with Gasteiger partial charge in [-0.25, -0.2) is 22.2 Å². The second-order valence-electron chi connectivity index (χ2n) is 10.1. The number of halogens is 2. The van der Waals surface area contributed by atoms with Crippen molar-refractivity contribution in [3.05, 3.63) is 84.2 Å². The van der Waals surface area contributed by atoms with Gasteiger partial charge in [-0.1, -0.05) is 12.1 Å². The number of fused-ring (bicyclic) bond motifs is 1. The van der Waals surface area contributed by atoms with Gasteiger partial charge in [-0.2, -0.15) is 5.26 Å². The smallest absolute Gasteiger partial charge is 0.267 e. The Kier molecular flexibility index (Phi) is 8.73. The van der Waals surface area contributed by atoms with Crippen molar-refractivity contribution in [2.24, 2.45) is 0 Å². The molecule has 0 unspecified atom stereocenters. The number of hydrogen-bond acceptors (Lipinski definition) is 9. The van der Waals surface area contributed by atoms with Gasteiger partial charge in [0.25, 0.3) is 10.0 Å². The number of anilines is 2. The Balaban J connectivity index is 1.50. The standard InChI is InChI=1S/C31H26F2N6O5S/c1-19(40)6-9-28(41)38-10-12-39(13-11-38)29-22(16-34)18-35-26-8-7-20(14-23(26)29)21-15-27(31(44-2)36-17-21)37-45(42,43)30-24(32)4-3-5-25(30)33/h3-9,14-15,17-18,37H,10-13H2,1-2H3/b9-6+. The van der Waals surface area contributed by atoms with Gasteiger partial charge >= 0.3 is 0 Å². The second-order valence-corrected chi connectivity index (χ2v) is 11.7. The molecule has 1 N–H and O–H groups in total. The number of hydrogen-bond donors (Lipinski definition) is 1. The number of nitriles is 1. The number of nitrogens with zero attached hydrogens (tertiary/aromatic N) is 5. The molecule has 11 nitrogen and oxygen atoms in total. The number of allylic oxidation sites excluding steroid dienone is 1. The molecule has 1 aliphatic rings. The number of piperazine rings is 1. The highest BCUT2D eigenvalue weighted by molar-refractivity contribution is 7.92. The molecule has 230 valence electrons. The van der Waals surface area contributed by atoms with E-state index in [1.54, 1.807) is 23.1 Å². The molecular weight excluding hydrogens is 606 g/mol. The molecule has 0 saturated carbocycles. The van der Waals surface area contributed by atoms with Crippen molar-refractivity contribution < 1.29 is 31.5 Å². The summed E-state index contributed by atoms with van der Waals surface area (Å²) in [5.74, 6) is -3.14. The SMILES string of the molecule is COc1ncc(-c2ccc3ncc(C#N)c(N4CCN(C(=O)/C=C/C(C)=O)CC4)c3c2)cc1NS(=O)(=O)c1c(F)cccc1F. The zero-order valence-electron chi connectivity index (χ0n) is 24.1. The maximum atomic E-state index is 14.3. The third-order valence-electron chi connectivity index (χ3n) is 7.14. The van der Waals surface area contributed by atoms with E-state index < -0.39 is 26.6 Å². The molecule has 0 spiro atoms. The number of carbonyl (C=O) groups is 2. The maximum Gasteiger partial charge on any atom is 0.267 e. The minimum atomic E-state index is -4.71. The maximum absolute atomic E-state index is 14.3. The lowest BCUT2D eigenvalue weighted by Gasteiger charge is -2.36. The number of ketones is 1. The molecule has 14 heteroatoms. The van der Waals surface area contributed by atoms with Crippen LogP contribution in [-0.4, -0.2) is 68.3 Å². The summed E-state index contributed by atoms with van der Waals surface area (Å²) in [6, 6.07) is 11.6. The third kappa shape index (κ3) is 6.43. The van der Waals surface area contributed by atoms with E-state index >= 15 is 0 Å². The van der Waals surface area contributed by atoms with Gasteiger partial charge in [0.05, 0.1) is 23.9 Å². The zero-order chi connectivity index (χ0) is 32.3. The molecule has 1 saturated heterocycles. The van der Waals surface area contributed by atoms with E-state index in [-0.39, 0.29) is 23.3 Å². The first kappa shape index (κ1) is 31.0. The highest BCUT2D eigenvalue weighted by Gasteiger charge is 2.27. The lowest BCUT2D eigenvalue weighted by Crippen LogP contribution is -2.48. The summed E-state index contributed by atoms with van der Waals surface area (Å²) in [5.41, 5.74) is 2.40. The van der Waals surface area contributed by atoms with Crippen LogP contribution in [0.3, 0.4) is 0 Å². The van der Waals surface area contributed by atoms with Crippen LogP contribution in [0.1, 0.15) is 12.5 Å². The molecule has 0 atom stereocenters. The summed E-state index contributed by atoms with van der Waals surface area (Å²) in [6.45, 7) is 2.93. The molecule has 4 aromatic rings. The summed E-state index contributed by atoms with van der Waals surface area (Å²) in [7, 11) is -3.44. The monoisotopic (exact) mass is 632 g/mol. The van der Waals surface area contributed by atoms with E-state index in [1.165, 1.54) is 44.6 Å². The highest BCUT2D eigenvalue weighted by atomic mass is 32.2. The van der Waals surface area contributed by atoms with Gasteiger partial charge in [0, 0.05) is 55.6 Å². The number of amides is 1. The van der Waals surface area contributed by atoms with E-state index in [0.29, 0.717) is 59.5 Å². The molecule has 45 heavy (non-hydrogen) atoms. The van der Waals surface area contributed by atoms with Gasteiger partial charge in [0.15, 0.2) is 10.7 Å². The number of benzene rings is 2. The molecule has 1 fully saturated rings. The molecule has 0 radical (unpaired) electrons. The Labute approximate surface area is 257 Å². The lowest BCUT2D eigenvalue weighted by molar-refractivity contribution is -0.126. The summed E-state index contributed by atoms with van der Waals surface area (Å²) < 4.78 is 62.0. The molecule has 1 amide bonds. The minimum absolute atomic E-state index is 0.125. The summed E-state index contributed by atoms with van der Waals surface area (Å²) >= 11 is 0. The van der Waals surface area contributed by atoms with Crippen LogP contribution in [0.2, 0.25) is 0 Å². The van der Waals surface area contributed by atoms with Crippen molar-refractivity contribution in [2.45, 2.75) is 11.8 Å². The van der Waals surface area contributed by atoms with Crippen LogP contribution >= 0.6 is 0 Å². The largest absolute Gasteiger partial charge is 0.480 e. The highest BCUT2D eigenvalue weighted by Crippen LogP contribution is 2.36. The Morgan fingerprint density at radius 2 is 1.71 bits per heavy atom.